The summed E-state index contributed by atoms with van der Waals surface area (Å²) in [6, 6.07) is 3.66. The molecule has 0 fully saturated rings. The normalized spacial score (nSPS) is 13.3. The van der Waals surface area contributed by atoms with Gasteiger partial charge in [-0.25, -0.2) is 0 Å². The number of methoxy groups -OCH3 is 1. The highest BCUT2D eigenvalue weighted by Gasteiger charge is 2.18. The number of fused-ring (bicyclic) bond motifs is 1. The second-order valence-corrected chi connectivity index (χ2v) is 3.31. The number of hydrogen-bond acceptors (Lipinski definition) is 3. The van der Waals surface area contributed by atoms with Gasteiger partial charge in [0.15, 0.2) is 5.78 Å². The Balaban J connectivity index is 2.54. The number of Topliss-reactive ketones (excluding diaryl/α,β-unsaturated/α-hetero) is 1. The summed E-state index contributed by atoms with van der Waals surface area (Å²) in [6.07, 6.45) is 0.875. The van der Waals surface area contributed by atoms with E-state index in [9.17, 15) is 4.79 Å². The quantitative estimate of drug-likeness (QED) is 0.670. The Morgan fingerprint density at radius 2 is 2.29 bits per heavy atom. The molecule has 0 radical (unpaired) electrons. The molecule has 1 aromatic carbocycles. The van der Waals surface area contributed by atoms with E-state index < -0.39 is 0 Å². The molecule has 14 heavy (non-hydrogen) atoms. The van der Waals surface area contributed by atoms with Gasteiger partial charge in [0, 0.05) is 12.5 Å². The summed E-state index contributed by atoms with van der Waals surface area (Å²) >= 11 is 0. The fourth-order valence-electron chi connectivity index (χ4n) is 1.65. The summed E-state index contributed by atoms with van der Waals surface area (Å²) in [7, 11) is 1.56. The Morgan fingerprint density at radius 3 is 2.93 bits per heavy atom. The van der Waals surface area contributed by atoms with Crippen molar-refractivity contribution in [2.24, 2.45) is 0 Å². The summed E-state index contributed by atoms with van der Waals surface area (Å²) < 4.78 is 10.5. The molecule has 0 aromatic heterocycles. The van der Waals surface area contributed by atoms with E-state index in [1.54, 1.807) is 20.1 Å². The van der Waals surface area contributed by atoms with Gasteiger partial charge in [-0.1, -0.05) is 0 Å². The molecule has 3 heteroatoms. The van der Waals surface area contributed by atoms with E-state index in [4.69, 9.17) is 9.47 Å². The van der Waals surface area contributed by atoms with Crippen molar-refractivity contribution < 1.29 is 14.3 Å². The van der Waals surface area contributed by atoms with Crippen molar-refractivity contribution in [2.45, 2.75) is 13.3 Å². The van der Waals surface area contributed by atoms with Crippen LogP contribution in [0.5, 0.6) is 11.5 Å². The van der Waals surface area contributed by atoms with Crippen LogP contribution in [0.1, 0.15) is 22.8 Å². The zero-order valence-corrected chi connectivity index (χ0v) is 8.29. The van der Waals surface area contributed by atoms with Gasteiger partial charge in [-0.3, -0.25) is 4.79 Å². The van der Waals surface area contributed by atoms with Crippen LogP contribution < -0.4 is 9.47 Å². The highest BCUT2D eigenvalue weighted by atomic mass is 16.5. The predicted octanol–water partition coefficient (Wildman–Crippen LogP) is 1.83. The lowest BCUT2D eigenvalue weighted by molar-refractivity contribution is 0.101. The van der Waals surface area contributed by atoms with E-state index in [-0.39, 0.29) is 5.78 Å². The Morgan fingerprint density at radius 1 is 1.50 bits per heavy atom. The van der Waals surface area contributed by atoms with Crippen molar-refractivity contribution in [3.63, 3.8) is 0 Å². The maximum absolute atomic E-state index is 11.3. The highest BCUT2D eigenvalue weighted by molar-refractivity contribution is 5.97. The van der Waals surface area contributed by atoms with Crippen molar-refractivity contribution >= 4 is 5.78 Å². The molecule has 1 aromatic rings. The molecule has 0 bridgehead atoms. The molecule has 0 amide bonds. The average Bonchev–Trinajstić information content (AvgIpc) is 2.62. The number of ketones is 1. The lowest BCUT2D eigenvalue weighted by atomic mass is 10.0. The predicted molar refractivity (Wildman–Crippen MR) is 52.2 cm³/mol. The van der Waals surface area contributed by atoms with Gasteiger partial charge < -0.3 is 9.47 Å². The molecule has 74 valence electrons. The molecule has 0 atom stereocenters. The molecule has 3 nitrogen and oxygen atoms in total. The van der Waals surface area contributed by atoms with E-state index in [0.29, 0.717) is 17.9 Å². The highest BCUT2D eigenvalue weighted by Crippen LogP contribution is 2.32. The molecule has 1 heterocycles. The molecule has 1 aliphatic rings. The third-order valence-corrected chi connectivity index (χ3v) is 2.39. The first-order chi connectivity index (χ1) is 6.72. The van der Waals surface area contributed by atoms with E-state index in [2.05, 4.69) is 0 Å². The Hall–Kier alpha value is -1.51. The Bertz CT molecular complexity index is 382. The first-order valence-electron chi connectivity index (χ1n) is 4.57. The fraction of sp³-hybridized carbons (Fsp3) is 0.364. The number of benzene rings is 1. The standard InChI is InChI=1S/C11H12O3/c1-7(12)9-5-8-3-4-14-10(8)6-11(9)13-2/h5-6H,3-4H2,1-2H3. The molecule has 0 spiro atoms. The number of ether oxygens (including phenoxy) is 2. The van der Waals surface area contributed by atoms with Crippen LogP contribution in [0.4, 0.5) is 0 Å². The maximum atomic E-state index is 11.3. The van der Waals surface area contributed by atoms with Crippen LogP contribution in [0.25, 0.3) is 0 Å². The summed E-state index contributed by atoms with van der Waals surface area (Å²) in [5, 5.41) is 0. The minimum Gasteiger partial charge on any atom is -0.496 e. The van der Waals surface area contributed by atoms with Crippen LogP contribution in [0.3, 0.4) is 0 Å². The summed E-state index contributed by atoms with van der Waals surface area (Å²) in [5.74, 6) is 1.46. The van der Waals surface area contributed by atoms with Gasteiger partial charge in [-0.2, -0.15) is 0 Å². The van der Waals surface area contributed by atoms with Crippen LogP contribution in [0.2, 0.25) is 0 Å². The van der Waals surface area contributed by atoms with Gasteiger partial charge in [0.1, 0.15) is 11.5 Å². The van der Waals surface area contributed by atoms with Gasteiger partial charge in [-0.05, 0) is 18.6 Å². The number of carbonyl (C=O) groups is 1. The topological polar surface area (TPSA) is 35.5 Å². The van der Waals surface area contributed by atoms with Crippen molar-refractivity contribution in [3.05, 3.63) is 23.3 Å². The van der Waals surface area contributed by atoms with E-state index in [1.807, 2.05) is 6.07 Å². The van der Waals surface area contributed by atoms with Crippen LogP contribution in [0.15, 0.2) is 12.1 Å². The van der Waals surface area contributed by atoms with Gasteiger partial charge >= 0.3 is 0 Å². The van der Waals surface area contributed by atoms with Crippen LogP contribution in [-0.4, -0.2) is 19.5 Å². The molecule has 0 unspecified atom stereocenters. The van der Waals surface area contributed by atoms with Crippen LogP contribution >= 0.6 is 0 Å². The zero-order chi connectivity index (χ0) is 10.1. The zero-order valence-electron chi connectivity index (χ0n) is 8.29. The minimum absolute atomic E-state index is 0.0246. The second-order valence-electron chi connectivity index (χ2n) is 3.31. The third kappa shape index (κ3) is 1.35. The van der Waals surface area contributed by atoms with Gasteiger partial charge in [0.2, 0.25) is 0 Å². The van der Waals surface area contributed by atoms with Crippen molar-refractivity contribution in [1.29, 1.82) is 0 Å². The van der Waals surface area contributed by atoms with E-state index in [0.717, 1.165) is 17.7 Å². The summed E-state index contributed by atoms with van der Waals surface area (Å²) in [5.41, 5.74) is 1.73. The Kier molecular flexibility index (Phi) is 2.15. The maximum Gasteiger partial charge on any atom is 0.163 e. The summed E-state index contributed by atoms with van der Waals surface area (Å²) in [6.45, 7) is 2.24. The molecule has 0 N–H and O–H groups in total. The average molecular weight is 192 g/mol. The summed E-state index contributed by atoms with van der Waals surface area (Å²) in [4.78, 5) is 11.3. The molecule has 0 saturated carbocycles. The first-order valence-corrected chi connectivity index (χ1v) is 4.57. The van der Waals surface area contributed by atoms with E-state index in [1.165, 1.54) is 0 Å². The lowest BCUT2D eigenvalue weighted by Crippen LogP contribution is -1.98. The second kappa shape index (κ2) is 3.33. The molecule has 0 saturated heterocycles. The fourth-order valence-corrected chi connectivity index (χ4v) is 1.65. The third-order valence-electron chi connectivity index (χ3n) is 2.39. The number of carbonyl (C=O) groups excluding carboxylic acids is 1. The molecule has 2 rings (SSSR count). The largest absolute Gasteiger partial charge is 0.496 e. The molecular formula is C11H12O3. The molecule has 0 aliphatic carbocycles. The SMILES string of the molecule is COc1cc2c(cc1C(C)=O)CCO2. The van der Waals surface area contributed by atoms with Gasteiger partial charge in [0.25, 0.3) is 0 Å². The van der Waals surface area contributed by atoms with Gasteiger partial charge in [-0.15, -0.1) is 0 Å². The van der Waals surface area contributed by atoms with Crippen LogP contribution in [0, 0.1) is 0 Å². The molecule has 1 aliphatic heterocycles. The van der Waals surface area contributed by atoms with Crippen molar-refractivity contribution in [1.82, 2.24) is 0 Å². The van der Waals surface area contributed by atoms with E-state index >= 15 is 0 Å². The van der Waals surface area contributed by atoms with Crippen molar-refractivity contribution in [3.8, 4) is 11.5 Å². The van der Waals surface area contributed by atoms with Crippen molar-refractivity contribution in [2.75, 3.05) is 13.7 Å². The lowest BCUT2D eigenvalue weighted by Gasteiger charge is -2.07. The first kappa shape index (κ1) is 9.06. The Labute approximate surface area is 82.6 Å². The number of hydrogen-bond donors (Lipinski definition) is 0. The smallest absolute Gasteiger partial charge is 0.163 e. The van der Waals surface area contributed by atoms with Crippen LogP contribution in [-0.2, 0) is 6.42 Å². The minimum atomic E-state index is 0.0246. The molecular weight excluding hydrogens is 180 g/mol. The van der Waals surface area contributed by atoms with Gasteiger partial charge in [0.05, 0.1) is 19.3 Å². The number of rotatable bonds is 2. The monoisotopic (exact) mass is 192 g/mol.